The summed E-state index contributed by atoms with van der Waals surface area (Å²) in [6.07, 6.45) is 2.02. The second-order valence-electron chi connectivity index (χ2n) is 7.80. The molecule has 5 nitrogen and oxygen atoms in total. The molecule has 1 aliphatic rings. The smallest absolute Gasteiger partial charge is 0.233 e. The lowest BCUT2D eigenvalue weighted by Gasteiger charge is -2.23. The molecule has 1 aliphatic heterocycles. The summed E-state index contributed by atoms with van der Waals surface area (Å²) in [6.45, 7) is 4.89. The quantitative estimate of drug-likeness (QED) is 0.375. The van der Waals surface area contributed by atoms with Crippen LogP contribution in [-0.4, -0.2) is 37.9 Å². The van der Waals surface area contributed by atoms with Crippen LogP contribution in [0.5, 0.6) is 0 Å². The first kappa shape index (κ1) is 20.3. The van der Waals surface area contributed by atoms with E-state index in [9.17, 15) is 4.79 Å². The number of nitrogens with zero attached hydrogens (tertiary/aromatic N) is 4. The highest BCUT2D eigenvalue weighted by atomic mass is 32.2. The summed E-state index contributed by atoms with van der Waals surface area (Å²) in [6, 6.07) is 18.4. The minimum atomic E-state index is 0.0970. The fraction of sp³-hybridized carbons (Fsp3) is 0.292. The second kappa shape index (κ2) is 8.48. The van der Waals surface area contributed by atoms with E-state index in [0.717, 1.165) is 51.9 Å². The maximum atomic E-state index is 13.2. The van der Waals surface area contributed by atoms with Gasteiger partial charge in [0, 0.05) is 6.54 Å². The monoisotopic (exact) mass is 448 g/mol. The average molecular weight is 449 g/mol. The van der Waals surface area contributed by atoms with Crippen LogP contribution >= 0.6 is 23.1 Å². The van der Waals surface area contributed by atoms with Crippen molar-refractivity contribution < 1.29 is 4.79 Å². The maximum absolute atomic E-state index is 13.2. The molecule has 1 atom stereocenters. The van der Waals surface area contributed by atoms with E-state index in [1.165, 1.54) is 4.70 Å². The molecule has 0 bridgehead atoms. The predicted octanol–water partition coefficient (Wildman–Crippen LogP) is 5.55. The van der Waals surface area contributed by atoms with Crippen molar-refractivity contribution in [1.29, 1.82) is 0 Å². The maximum Gasteiger partial charge on any atom is 0.233 e. The predicted molar refractivity (Wildman–Crippen MR) is 127 cm³/mol. The minimum Gasteiger partial charge on any atom is -0.332 e. The Hall–Kier alpha value is -2.64. The summed E-state index contributed by atoms with van der Waals surface area (Å²) in [7, 11) is 0. The van der Waals surface area contributed by atoms with E-state index in [4.69, 9.17) is 10.1 Å². The molecule has 5 rings (SSSR count). The third-order valence-corrected chi connectivity index (χ3v) is 8.14. The summed E-state index contributed by atoms with van der Waals surface area (Å²) in [5, 5.41) is 5.76. The molecule has 0 aliphatic carbocycles. The van der Waals surface area contributed by atoms with Crippen molar-refractivity contribution in [3.05, 3.63) is 71.0 Å². The SMILES string of the molecule is Cc1nn(-c2ccccc2)c(C)c1SCC(=O)N1CCCC1c1nc2ccccc2s1. The van der Waals surface area contributed by atoms with Gasteiger partial charge in [0.05, 0.1) is 44.0 Å². The Kier molecular flexibility index (Phi) is 5.54. The Morgan fingerprint density at radius 2 is 1.90 bits per heavy atom. The highest BCUT2D eigenvalue weighted by Gasteiger charge is 2.32. The van der Waals surface area contributed by atoms with Gasteiger partial charge in [-0.3, -0.25) is 4.79 Å². The van der Waals surface area contributed by atoms with Crippen LogP contribution in [0.15, 0.2) is 59.5 Å². The van der Waals surface area contributed by atoms with E-state index in [-0.39, 0.29) is 11.9 Å². The molecule has 1 fully saturated rings. The zero-order valence-corrected chi connectivity index (χ0v) is 19.2. The Morgan fingerprint density at radius 3 is 2.71 bits per heavy atom. The molecule has 158 valence electrons. The first-order valence-electron chi connectivity index (χ1n) is 10.5. The molecule has 2 aromatic carbocycles. The second-order valence-corrected chi connectivity index (χ2v) is 9.85. The van der Waals surface area contributed by atoms with Gasteiger partial charge < -0.3 is 4.90 Å². The summed E-state index contributed by atoms with van der Waals surface area (Å²) in [5.41, 5.74) is 4.10. The van der Waals surface area contributed by atoms with Crippen LogP contribution in [0.25, 0.3) is 15.9 Å². The molecule has 31 heavy (non-hydrogen) atoms. The van der Waals surface area contributed by atoms with Crippen LogP contribution in [0.1, 0.15) is 35.3 Å². The number of fused-ring (bicyclic) bond motifs is 1. The van der Waals surface area contributed by atoms with Crippen LogP contribution in [0, 0.1) is 13.8 Å². The van der Waals surface area contributed by atoms with Crippen molar-refractivity contribution in [3.8, 4) is 5.69 Å². The van der Waals surface area contributed by atoms with Gasteiger partial charge in [0.25, 0.3) is 0 Å². The van der Waals surface area contributed by atoms with Gasteiger partial charge in [-0.15, -0.1) is 23.1 Å². The Morgan fingerprint density at radius 1 is 1.13 bits per heavy atom. The molecule has 4 aromatic rings. The highest BCUT2D eigenvalue weighted by molar-refractivity contribution is 8.00. The lowest BCUT2D eigenvalue weighted by Crippen LogP contribution is -2.31. The van der Waals surface area contributed by atoms with Crippen LogP contribution in [0.4, 0.5) is 0 Å². The van der Waals surface area contributed by atoms with Crippen LogP contribution in [0.2, 0.25) is 0 Å². The molecule has 2 aromatic heterocycles. The Balaban J connectivity index is 1.32. The van der Waals surface area contributed by atoms with Gasteiger partial charge in [-0.2, -0.15) is 5.10 Å². The van der Waals surface area contributed by atoms with Crippen molar-refractivity contribution in [2.24, 2.45) is 0 Å². The van der Waals surface area contributed by atoms with E-state index in [1.807, 2.05) is 65.0 Å². The van der Waals surface area contributed by atoms with E-state index in [1.54, 1.807) is 23.1 Å². The number of carbonyl (C=O) groups excluding carboxylic acids is 1. The standard InChI is InChI=1S/C24H24N4OS2/c1-16-23(17(2)28(26-16)18-9-4-3-5-10-18)30-15-22(29)27-14-8-12-20(27)24-25-19-11-6-7-13-21(19)31-24/h3-7,9-11,13,20H,8,12,14-15H2,1-2H3. The number of rotatable bonds is 5. The fourth-order valence-corrected chi connectivity index (χ4v) is 6.32. The third kappa shape index (κ3) is 3.88. The normalized spacial score (nSPS) is 16.3. The molecule has 1 saturated heterocycles. The number of carbonyl (C=O) groups is 1. The molecule has 3 heterocycles. The van der Waals surface area contributed by atoms with Crippen LogP contribution in [-0.2, 0) is 4.79 Å². The first-order chi connectivity index (χ1) is 15.1. The van der Waals surface area contributed by atoms with Crippen molar-refractivity contribution in [2.45, 2.75) is 37.6 Å². The highest BCUT2D eigenvalue weighted by Crippen LogP contribution is 2.37. The number of hydrogen-bond acceptors (Lipinski definition) is 5. The molecule has 7 heteroatoms. The number of aryl methyl sites for hydroxylation is 1. The number of aromatic nitrogens is 3. The Bertz CT molecular complexity index is 1200. The minimum absolute atomic E-state index is 0.0970. The number of benzene rings is 2. The van der Waals surface area contributed by atoms with E-state index < -0.39 is 0 Å². The number of para-hydroxylation sites is 2. The molecular formula is C24H24N4OS2. The summed E-state index contributed by atoms with van der Waals surface area (Å²) in [4.78, 5) is 21.1. The van der Waals surface area contributed by atoms with Gasteiger partial charge in [0.15, 0.2) is 0 Å². The number of hydrogen-bond donors (Lipinski definition) is 0. The van der Waals surface area contributed by atoms with Crippen molar-refractivity contribution >= 4 is 39.2 Å². The average Bonchev–Trinajstić information content (AvgIpc) is 3.50. The lowest BCUT2D eigenvalue weighted by molar-refractivity contribution is -0.129. The number of amides is 1. The summed E-state index contributed by atoms with van der Waals surface area (Å²) >= 11 is 3.31. The summed E-state index contributed by atoms with van der Waals surface area (Å²) in [5.74, 6) is 0.599. The van der Waals surface area contributed by atoms with E-state index in [2.05, 4.69) is 13.0 Å². The first-order valence-corrected chi connectivity index (χ1v) is 12.3. The molecule has 1 unspecified atom stereocenters. The lowest BCUT2D eigenvalue weighted by atomic mass is 10.2. The van der Waals surface area contributed by atoms with Gasteiger partial charge in [0.1, 0.15) is 5.01 Å². The van der Waals surface area contributed by atoms with Gasteiger partial charge in [-0.1, -0.05) is 30.3 Å². The number of likely N-dealkylation sites (tertiary alicyclic amines) is 1. The van der Waals surface area contributed by atoms with Crippen LogP contribution in [0.3, 0.4) is 0 Å². The van der Waals surface area contributed by atoms with Crippen LogP contribution < -0.4 is 0 Å². The van der Waals surface area contributed by atoms with Crippen molar-refractivity contribution in [2.75, 3.05) is 12.3 Å². The molecule has 0 saturated carbocycles. The molecule has 0 N–H and O–H groups in total. The zero-order chi connectivity index (χ0) is 21.4. The third-order valence-electron chi connectivity index (χ3n) is 5.73. The molecule has 0 spiro atoms. The zero-order valence-electron chi connectivity index (χ0n) is 17.6. The van der Waals surface area contributed by atoms with Gasteiger partial charge in [-0.25, -0.2) is 9.67 Å². The number of thioether (sulfide) groups is 1. The summed E-state index contributed by atoms with van der Waals surface area (Å²) < 4.78 is 3.15. The Labute approximate surface area is 190 Å². The van der Waals surface area contributed by atoms with Gasteiger partial charge >= 0.3 is 0 Å². The molecule has 1 amide bonds. The van der Waals surface area contributed by atoms with Gasteiger partial charge in [-0.05, 0) is 51.0 Å². The van der Waals surface area contributed by atoms with Crippen molar-refractivity contribution in [1.82, 2.24) is 19.7 Å². The topological polar surface area (TPSA) is 51.0 Å². The van der Waals surface area contributed by atoms with E-state index in [0.29, 0.717) is 5.75 Å². The van der Waals surface area contributed by atoms with Gasteiger partial charge in [0.2, 0.25) is 5.91 Å². The number of thiazole rings is 1. The van der Waals surface area contributed by atoms with Crippen molar-refractivity contribution in [3.63, 3.8) is 0 Å². The molecular weight excluding hydrogens is 424 g/mol. The van der Waals surface area contributed by atoms with E-state index >= 15 is 0 Å². The largest absolute Gasteiger partial charge is 0.332 e. The molecule has 0 radical (unpaired) electrons. The fourth-order valence-electron chi connectivity index (χ4n) is 4.23.